The highest BCUT2D eigenvalue weighted by Gasteiger charge is 2.18. The Balaban J connectivity index is 2.61. The fraction of sp³-hybridized carbons (Fsp3) is 0.0909. The van der Waals surface area contributed by atoms with Crippen molar-refractivity contribution in [3.05, 3.63) is 39.6 Å². The van der Waals surface area contributed by atoms with Crippen LogP contribution in [0.5, 0.6) is 0 Å². The van der Waals surface area contributed by atoms with E-state index in [1.54, 1.807) is 29.8 Å². The molecule has 2 rings (SSSR count). The van der Waals surface area contributed by atoms with Gasteiger partial charge in [0.05, 0.1) is 0 Å². The predicted octanol–water partition coefficient (Wildman–Crippen LogP) is 3.20. The molecule has 0 unspecified atom stereocenters. The number of halogens is 2. The molecule has 4 nitrogen and oxygen atoms in total. The molecule has 0 bridgehead atoms. The molecule has 0 atom stereocenters. The van der Waals surface area contributed by atoms with E-state index in [4.69, 9.17) is 16.7 Å². The fourth-order valence-electron chi connectivity index (χ4n) is 1.50. The normalized spacial score (nSPS) is 10.5. The number of hydrogen-bond donors (Lipinski definition) is 1. The number of carboxylic acids is 1. The van der Waals surface area contributed by atoms with E-state index in [1.807, 2.05) is 6.07 Å². The van der Waals surface area contributed by atoms with Crippen LogP contribution in [-0.2, 0) is 7.05 Å². The van der Waals surface area contributed by atoms with Crippen LogP contribution in [0.1, 0.15) is 10.5 Å². The Hall–Kier alpha value is -1.33. The molecule has 1 aromatic carbocycles. The van der Waals surface area contributed by atoms with Gasteiger partial charge < -0.3 is 9.67 Å². The van der Waals surface area contributed by atoms with Crippen LogP contribution in [0, 0.1) is 0 Å². The molecule has 2 aromatic rings. The van der Waals surface area contributed by atoms with Gasteiger partial charge in [0.15, 0.2) is 5.69 Å². The number of carbonyl (C=O) groups is 1. The van der Waals surface area contributed by atoms with E-state index in [-0.39, 0.29) is 5.69 Å². The van der Waals surface area contributed by atoms with Crippen LogP contribution in [0.3, 0.4) is 0 Å². The van der Waals surface area contributed by atoms with Crippen molar-refractivity contribution in [1.82, 2.24) is 9.55 Å². The average molecular weight is 316 g/mol. The zero-order chi connectivity index (χ0) is 12.6. The van der Waals surface area contributed by atoms with Gasteiger partial charge in [-0.15, -0.1) is 0 Å². The molecule has 0 fully saturated rings. The molecule has 0 amide bonds. The summed E-state index contributed by atoms with van der Waals surface area (Å²) < 4.78 is 2.09. The Morgan fingerprint density at radius 2 is 2.24 bits per heavy atom. The minimum absolute atomic E-state index is 0.0116. The second-order valence-corrected chi connectivity index (χ2v) is 4.64. The zero-order valence-electron chi connectivity index (χ0n) is 8.82. The second kappa shape index (κ2) is 4.50. The summed E-state index contributed by atoms with van der Waals surface area (Å²) in [6.45, 7) is 0. The summed E-state index contributed by atoms with van der Waals surface area (Å²) in [6.07, 6.45) is 0. The molecule has 88 valence electrons. The molecule has 1 aromatic heterocycles. The number of aromatic nitrogens is 2. The van der Waals surface area contributed by atoms with Gasteiger partial charge in [-0.1, -0.05) is 23.7 Å². The van der Waals surface area contributed by atoms with E-state index in [0.717, 1.165) is 5.56 Å². The molecule has 1 N–H and O–H groups in total. The van der Waals surface area contributed by atoms with E-state index in [9.17, 15) is 4.79 Å². The standard InChI is InChI=1S/C11H8BrClN2O2/c1-15-9(12)8(11(16)17)14-10(15)6-3-2-4-7(13)5-6/h2-5H,1H3,(H,16,17). The van der Waals surface area contributed by atoms with E-state index in [0.29, 0.717) is 15.5 Å². The van der Waals surface area contributed by atoms with Crippen LogP contribution in [0.2, 0.25) is 5.02 Å². The summed E-state index contributed by atoms with van der Waals surface area (Å²) in [5, 5.41) is 9.55. The first-order valence-electron chi connectivity index (χ1n) is 4.72. The van der Waals surface area contributed by atoms with Crippen LogP contribution in [-0.4, -0.2) is 20.6 Å². The summed E-state index contributed by atoms with van der Waals surface area (Å²) in [5.41, 5.74) is 0.760. The van der Waals surface area contributed by atoms with Gasteiger partial charge in [-0.3, -0.25) is 0 Å². The van der Waals surface area contributed by atoms with E-state index < -0.39 is 5.97 Å². The molecule has 0 saturated heterocycles. The van der Waals surface area contributed by atoms with Crippen molar-refractivity contribution in [1.29, 1.82) is 0 Å². The topological polar surface area (TPSA) is 55.1 Å². The summed E-state index contributed by atoms with van der Waals surface area (Å²) in [5.74, 6) is -0.516. The molecule has 1 heterocycles. The third-order valence-electron chi connectivity index (χ3n) is 2.31. The fourth-order valence-corrected chi connectivity index (χ4v) is 2.12. The first-order chi connectivity index (χ1) is 8.00. The first-order valence-corrected chi connectivity index (χ1v) is 5.89. The lowest BCUT2D eigenvalue weighted by molar-refractivity contribution is 0.0690. The maximum Gasteiger partial charge on any atom is 0.357 e. The lowest BCUT2D eigenvalue weighted by Gasteiger charge is -2.02. The van der Waals surface area contributed by atoms with Crippen LogP contribution in [0.25, 0.3) is 11.4 Å². The zero-order valence-corrected chi connectivity index (χ0v) is 11.2. The number of rotatable bonds is 2. The van der Waals surface area contributed by atoms with E-state index >= 15 is 0 Å². The Bertz CT molecular complexity index is 595. The number of nitrogens with zero attached hydrogens (tertiary/aromatic N) is 2. The minimum Gasteiger partial charge on any atom is -0.476 e. The van der Waals surface area contributed by atoms with Gasteiger partial charge >= 0.3 is 5.97 Å². The molecular formula is C11H8BrClN2O2. The molecule has 0 saturated carbocycles. The smallest absolute Gasteiger partial charge is 0.357 e. The lowest BCUT2D eigenvalue weighted by atomic mass is 10.2. The van der Waals surface area contributed by atoms with Gasteiger partial charge in [-0.25, -0.2) is 9.78 Å². The highest BCUT2D eigenvalue weighted by atomic mass is 79.9. The largest absolute Gasteiger partial charge is 0.476 e. The van der Waals surface area contributed by atoms with Crippen LogP contribution in [0.15, 0.2) is 28.9 Å². The molecule has 0 aliphatic rings. The van der Waals surface area contributed by atoms with Crippen molar-refractivity contribution in [3.8, 4) is 11.4 Å². The molecule has 6 heteroatoms. The van der Waals surface area contributed by atoms with Gasteiger partial charge in [-0.2, -0.15) is 0 Å². The number of carboxylic acid groups (broad SMARTS) is 1. The molecular weight excluding hydrogens is 307 g/mol. The summed E-state index contributed by atoms with van der Waals surface area (Å²) in [4.78, 5) is 15.0. The Kier molecular flexibility index (Phi) is 3.22. The number of imidazole rings is 1. The van der Waals surface area contributed by atoms with Crippen LogP contribution < -0.4 is 0 Å². The Labute approximate surface area is 111 Å². The van der Waals surface area contributed by atoms with Gasteiger partial charge in [-0.05, 0) is 28.1 Å². The summed E-state index contributed by atoms with van der Waals surface area (Å²) in [7, 11) is 1.74. The third kappa shape index (κ3) is 2.21. The quantitative estimate of drug-likeness (QED) is 0.926. The van der Waals surface area contributed by atoms with Gasteiger partial charge in [0.25, 0.3) is 0 Å². The number of hydrogen-bond acceptors (Lipinski definition) is 2. The Morgan fingerprint density at radius 3 is 2.76 bits per heavy atom. The van der Waals surface area contributed by atoms with Crippen molar-refractivity contribution in [2.24, 2.45) is 7.05 Å². The lowest BCUT2D eigenvalue weighted by Crippen LogP contribution is -1.97. The third-order valence-corrected chi connectivity index (χ3v) is 3.45. The number of benzene rings is 1. The molecule has 0 radical (unpaired) electrons. The number of aromatic carboxylic acids is 1. The minimum atomic E-state index is -1.07. The summed E-state index contributed by atoms with van der Waals surface area (Å²) in [6, 6.07) is 7.11. The summed E-state index contributed by atoms with van der Waals surface area (Å²) >= 11 is 9.10. The second-order valence-electron chi connectivity index (χ2n) is 3.45. The van der Waals surface area contributed by atoms with Crippen LogP contribution >= 0.6 is 27.5 Å². The van der Waals surface area contributed by atoms with E-state index in [1.165, 1.54) is 0 Å². The molecule has 17 heavy (non-hydrogen) atoms. The monoisotopic (exact) mass is 314 g/mol. The predicted molar refractivity (Wildman–Crippen MR) is 68.3 cm³/mol. The SMILES string of the molecule is Cn1c(-c2cccc(Cl)c2)nc(C(=O)O)c1Br. The van der Waals surface area contributed by atoms with Gasteiger partial charge in [0.2, 0.25) is 0 Å². The molecule has 0 aliphatic heterocycles. The van der Waals surface area contributed by atoms with Crippen molar-refractivity contribution in [3.63, 3.8) is 0 Å². The van der Waals surface area contributed by atoms with Crippen molar-refractivity contribution < 1.29 is 9.90 Å². The van der Waals surface area contributed by atoms with E-state index in [2.05, 4.69) is 20.9 Å². The average Bonchev–Trinajstić information content (AvgIpc) is 2.56. The first kappa shape index (κ1) is 12.1. The van der Waals surface area contributed by atoms with Crippen molar-refractivity contribution in [2.45, 2.75) is 0 Å². The van der Waals surface area contributed by atoms with Crippen molar-refractivity contribution >= 4 is 33.5 Å². The molecule has 0 aliphatic carbocycles. The highest BCUT2D eigenvalue weighted by molar-refractivity contribution is 9.10. The van der Waals surface area contributed by atoms with Crippen LogP contribution in [0.4, 0.5) is 0 Å². The highest BCUT2D eigenvalue weighted by Crippen LogP contribution is 2.26. The maximum absolute atomic E-state index is 11.0. The van der Waals surface area contributed by atoms with Gasteiger partial charge in [0, 0.05) is 17.6 Å². The van der Waals surface area contributed by atoms with Gasteiger partial charge in [0.1, 0.15) is 10.4 Å². The van der Waals surface area contributed by atoms with Crippen molar-refractivity contribution in [2.75, 3.05) is 0 Å². The molecule has 0 spiro atoms. The Morgan fingerprint density at radius 1 is 1.53 bits per heavy atom. The maximum atomic E-state index is 11.0.